The van der Waals surface area contributed by atoms with Gasteiger partial charge in [0.2, 0.25) is 15.9 Å². The smallest absolute Gasteiger partial charge is 0.235 e. The fourth-order valence-electron chi connectivity index (χ4n) is 3.85. The fourth-order valence-corrected chi connectivity index (χ4v) is 4.54. The van der Waals surface area contributed by atoms with Crippen LogP contribution in [0.5, 0.6) is 5.88 Å². The van der Waals surface area contributed by atoms with Gasteiger partial charge in [-0.15, -0.1) is 0 Å². The molecular formula is C24H34N6O3S. The highest BCUT2D eigenvalue weighted by Gasteiger charge is 2.22. The number of hydrogen-bond donors (Lipinski definition) is 3. The highest BCUT2D eigenvalue weighted by atomic mass is 32.2. The number of pyridine rings is 1. The normalized spacial score (nSPS) is 15.8. The predicted octanol–water partition coefficient (Wildman–Crippen LogP) is 4.08. The molecule has 0 spiro atoms. The van der Waals surface area contributed by atoms with Crippen LogP contribution >= 0.6 is 0 Å². The summed E-state index contributed by atoms with van der Waals surface area (Å²) in [6.45, 7) is 6.23. The third-order valence-corrected chi connectivity index (χ3v) is 7.66. The van der Waals surface area contributed by atoms with E-state index in [2.05, 4.69) is 31.1 Å². The highest BCUT2D eigenvalue weighted by molar-refractivity contribution is 7.93. The Labute approximate surface area is 202 Å². The zero-order valence-corrected chi connectivity index (χ0v) is 20.8. The molecule has 0 bridgehead atoms. The van der Waals surface area contributed by atoms with Crippen molar-refractivity contribution in [2.24, 2.45) is 5.11 Å². The minimum atomic E-state index is -3.36. The summed E-state index contributed by atoms with van der Waals surface area (Å²) < 4.78 is 32.2. The molecule has 0 atom stereocenters. The van der Waals surface area contributed by atoms with E-state index in [0.29, 0.717) is 36.3 Å². The van der Waals surface area contributed by atoms with Crippen molar-refractivity contribution < 1.29 is 13.2 Å². The number of hydrogen-bond acceptors (Lipinski definition) is 8. The molecule has 1 aromatic carbocycles. The molecule has 2 aromatic rings. The van der Waals surface area contributed by atoms with Gasteiger partial charge >= 0.3 is 0 Å². The first-order valence-corrected chi connectivity index (χ1v) is 13.0. The van der Waals surface area contributed by atoms with Crippen molar-refractivity contribution in [3.8, 4) is 5.88 Å². The van der Waals surface area contributed by atoms with E-state index in [4.69, 9.17) is 10.3 Å². The lowest BCUT2D eigenvalue weighted by Gasteiger charge is -2.32. The number of benzene rings is 1. The Bertz CT molecular complexity index is 1100. The molecule has 0 radical (unpaired) electrons. The molecule has 9 nitrogen and oxygen atoms in total. The number of ether oxygens (including phenoxy) is 1. The molecule has 1 saturated heterocycles. The molecule has 10 heteroatoms. The maximum absolute atomic E-state index is 12.2. The third-order valence-electron chi connectivity index (χ3n) is 5.90. The SMILES string of the molecule is COc1cccc(CN/C=C(/CN2CCC(c3cccc(NS(=O)(=O)C(C)C)c3)CC2)N=N)n1. The Morgan fingerprint density at radius 2 is 2.00 bits per heavy atom. The average Bonchev–Trinajstić information content (AvgIpc) is 2.83. The molecule has 1 fully saturated rings. The molecule has 2 heterocycles. The van der Waals surface area contributed by atoms with Crippen LogP contribution in [0.1, 0.15) is 43.9 Å². The first-order valence-electron chi connectivity index (χ1n) is 11.4. The van der Waals surface area contributed by atoms with Crippen LogP contribution in [0, 0.1) is 5.53 Å². The van der Waals surface area contributed by atoms with Crippen LogP contribution in [0.25, 0.3) is 0 Å². The van der Waals surface area contributed by atoms with Crippen molar-refractivity contribution in [2.75, 3.05) is 31.5 Å². The van der Waals surface area contributed by atoms with Crippen LogP contribution < -0.4 is 14.8 Å². The van der Waals surface area contributed by atoms with Crippen LogP contribution in [-0.2, 0) is 16.6 Å². The summed E-state index contributed by atoms with van der Waals surface area (Å²) in [5.74, 6) is 0.941. The summed E-state index contributed by atoms with van der Waals surface area (Å²) in [5, 5.41) is 6.38. The van der Waals surface area contributed by atoms with Gasteiger partial charge in [-0.2, -0.15) is 5.11 Å². The van der Waals surface area contributed by atoms with Gasteiger partial charge in [-0.25, -0.2) is 18.9 Å². The average molecular weight is 487 g/mol. The molecular weight excluding hydrogens is 452 g/mol. The molecule has 0 aliphatic carbocycles. The van der Waals surface area contributed by atoms with Crippen molar-refractivity contribution >= 4 is 15.7 Å². The van der Waals surface area contributed by atoms with E-state index in [1.165, 1.54) is 0 Å². The summed E-state index contributed by atoms with van der Waals surface area (Å²) in [7, 11) is -1.77. The number of methoxy groups -OCH3 is 1. The molecule has 1 aliphatic heterocycles. The summed E-state index contributed by atoms with van der Waals surface area (Å²) >= 11 is 0. The lowest BCUT2D eigenvalue weighted by molar-refractivity contribution is 0.227. The first kappa shape index (κ1) is 25.6. The van der Waals surface area contributed by atoms with E-state index in [1.54, 1.807) is 39.3 Å². The Morgan fingerprint density at radius 1 is 1.26 bits per heavy atom. The number of nitrogens with one attached hydrogen (secondary N) is 3. The zero-order valence-electron chi connectivity index (χ0n) is 20.0. The molecule has 3 rings (SSSR count). The van der Waals surface area contributed by atoms with Crippen LogP contribution in [0.4, 0.5) is 5.69 Å². The fraction of sp³-hybridized carbons (Fsp3) is 0.458. The number of piperidine rings is 1. The number of anilines is 1. The van der Waals surface area contributed by atoms with Gasteiger partial charge in [-0.3, -0.25) is 9.62 Å². The van der Waals surface area contributed by atoms with E-state index in [9.17, 15) is 8.42 Å². The molecule has 3 N–H and O–H groups in total. The number of aromatic nitrogens is 1. The monoisotopic (exact) mass is 486 g/mol. The lowest BCUT2D eigenvalue weighted by atomic mass is 9.89. The molecule has 0 amide bonds. The van der Waals surface area contributed by atoms with Crippen molar-refractivity contribution in [1.29, 1.82) is 5.53 Å². The van der Waals surface area contributed by atoms with Gasteiger partial charge < -0.3 is 10.1 Å². The van der Waals surface area contributed by atoms with Crippen LogP contribution in [0.15, 0.2) is 59.5 Å². The number of sulfonamides is 1. The number of rotatable bonds is 11. The van der Waals surface area contributed by atoms with Crippen molar-refractivity contribution in [3.63, 3.8) is 0 Å². The second-order valence-electron chi connectivity index (χ2n) is 8.67. The van der Waals surface area contributed by atoms with Crippen molar-refractivity contribution in [3.05, 3.63) is 65.6 Å². The molecule has 0 unspecified atom stereocenters. The first-order chi connectivity index (χ1) is 16.3. The van der Waals surface area contributed by atoms with Gasteiger partial charge in [0.1, 0.15) is 0 Å². The van der Waals surface area contributed by atoms with E-state index in [-0.39, 0.29) is 0 Å². The topological polar surface area (TPSA) is 120 Å². The summed E-state index contributed by atoms with van der Waals surface area (Å²) in [6.07, 6.45) is 3.70. The largest absolute Gasteiger partial charge is 0.481 e. The third kappa shape index (κ3) is 7.26. The standard InChI is InChI=1S/C24H34N6O3S/c1-18(2)34(31,32)29-21-7-4-6-20(14-21)19-10-12-30(13-11-19)17-23(28-25)16-26-15-22-8-5-9-24(27-22)33-3/h4-9,14,16,18-19,25-26,29H,10-13,15,17H2,1-3H3/b23-16-,28-25?. The lowest BCUT2D eigenvalue weighted by Crippen LogP contribution is -2.34. The van der Waals surface area contributed by atoms with E-state index in [1.807, 2.05) is 24.3 Å². The van der Waals surface area contributed by atoms with Crippen LogP contribution in [0.2, 0.25) is 0 Å². The highest BCUT2D eigenvalue weighted by Crippen LogP contribution is 2.30. The molecule has 34 heavy (non-hydrogen) atoms. The molecule has 0 saturated carbocycles. The summed E-state index contributed by atoms with van der Waals surface area (Å²) in [5.41, 5.74) is 10.8. The number of likely N-dealkylation sites (tertiary alicyclic amines) is 1. The maximum Gasteiger partial charge on any atom is 0.235 e. The quantitative estimate of drug-likeness (QED) is 0.412. The van der Waals surface area contributed by atoms with Crippen LogP contribution in [-0.4, -0.2) is 50.3 Å². The van der Waals surface area contributed by atoms with Gasteiger partial charge in [0.05, 0.1) is 30.3 Å². The number of nitrogens with zero attached hydrogens (tertiary/aromatic N) is 3. The van der Waals surface area contributed by atoms with E-state index < -0.39 is 15.3 Å². The maximum atomic E-state index is 12.2. The molecule has 1 aliphatic rings. The van der Waals surface area contributed by atoms with E-state index >= 15 is 0 Å². The summed E-state index contributed by atoms with van der Waals surface area (Å²) in [4.78, 5) is 6.65. The zero-order chi connectivity index (χ0) is 24.6. The van der Waals surface area contributed by atoms with Crippen molar-refractivity contribution in [2.45, 2.75) is 44.4 Å². The summed E-state index contributed by atoms with van der Waals surface area (Å²) in [6, 6.07) is 13.3. The van der Waals surface area contributed by atoms with Gasteiger partial charge in [0.15, 0.2) is 0 Å². The molecule has 184 valence electrons. The Kier molecular flexibility index (Phi) is 9.00. The Morgan fingerprint density at radius 3 is 2.68 bits per heavy atom. The van der Waals surface area contributed by atoms with Crippen LogP contribution in [0.3, 0.4) is 0 Å². The van der Waals surface area contributed by atoms with Gasteiger partial charge in [0.25, 0.3) is 0 Å². The minimum Gasteiger partial charge on any atom is -0.481 e. The van der Waals surface area contributed by atoms with E-state index in [0.717, 1.165) is 37.2 Å². The van der Waals surface area contributed by atoms with Gasteiger partial charge in [0, 0.05) is 24.5 Å². The predicted molar refractivity (Wildman–Crippen MR) is 133 cm³/mol. The Hall–Kier alpha value is -2.98. The second-order valence-corrected chi connectivity index (χ2v) is 10.9. The Balaban J connectivity index is 1.51. The van der Waals surface area contributed by atoms with Crippen molar-refractivity contribution in [1.82, 2.24) is 15.2 Å². The van der Waals surface area contributed by atoms with Gasteiger partial charge in [-0.05, 0) is 69.5 Å². The molecule has 1 aromatic heterocycles. The minimum absolute atomic E-state index is 0.373. The second kappa shape index (κ2) is 11.9. The van der Waals surface area contributed by atoms with Gasteiger partial charge in [-0.1, -0.05) is 18.2 Å².